The lowest BCUT2D eigenvalue weighted by atomic mass is 10.0. The first kappa shape index (κ1) is 47.7. The number of rotatable bonds is 30. The second-order valence-electron chi connectivity index (χ2n) is 15.9. The minimum atomic E-state index is -4.50. The number of amides is 2. The predicted octanol–water partition coefficient (Wildman–Crippen LogP) is 6.16. The Bertz CT molecular complexity index is 1100. The molecule has 2 aliphatic rings. The van der Waals surface area contributed by atoms with Crippen molar-refractivity contribution in [2.24, 2.45) is 0 Å². The van der Waals surface area contributed by atoms with Crippen LogP contribution in [0.3, 0.4) is 0 Å². The molecular formula is C39H75N4O9P. The molecule has 53 heavy (non-hydrogen) atoms. The standard InChI is InChI=1S/C39H75N4O9P/c1-30(2)40-22-16-10-13-19-35(44)18-12-8-9-14-20-38(45)42-26-36(51-32(5)6)24-34(42)29-50-53(47,48)52-37-25-33(28-49-7)43(27-37)39(46)21-15-11-17-23-41-31(3)4/h30-34,36-37,40-41H,8-29H2,1-7H3,(H,47,48)/t33-,34-,36+,37+/m0/s1. The number of likely N-dealkylation sites (tertiary alicyclic amines) is 2. The Hall–Kier alpha value is -1.44. The maximum absolute atomic E-state index is 13.4. The van der Waals surface area contributed by atoms with Crippen molar-refractivity contribution >= 4 is 25.4 Å². The molecule has 2 amide bonds. The highest BCUT2D eigenvalue weighted by Crippen LogP contribution is 2.47. The molecule has 13 nitrogen and oxygen atoms in total. The second kappa shape index (κ2) is 26.4. The molecular weight excluding hydrogens is 699 g/mol. The van der Waals surface area contributed by atoms with E-state index in [4.69, 9.17) is 18.5 Å². The first-order valence-electron chi connectivity index (χ1n) is 20.6. The number of ketones is 1. The van der Waals surface area contributed by atoms with Gasteiger partial charge in [-0.2, -0.15) is 0 Å². The SMILES string of the molecule is COC[C@@H]1C[C@@H](OP(=O)(O)OC[C@@H]2C[C@@H](OC(C)C)CN2C(=O)CCCCCCC(=O)CCCCCNC(C)C)CN1C(=O)CCCCCNC(C)C. The summed E-state index contributed by atoms with van der Waals surface area (Å²) >= 11 is 0. The van der Waals surface area contributed by atoms with Crippen LogP contribution in [0.15, 0.2) is 0 Å². The average molecular weight is 775 g/mol. The minimum absolute atomic E-state index is 0.00942. The number of nitrogens with zero attached hydrogens (tertiary/aromatic N) is 2. The van der Waals surface area contributed by atoms with Crippen molar-refractivity contribution in [3.05, 3.63) is 0 Å². The van der Waals surface area contributed by atoms with Crippen molar-refractivity contribution in [2.45, 2.75) is 187 Å². The molecule has 3 N–H and O–H groups in total. The molecule has 2 fully saturated rings. The van der Waals surface area contributed by atoms with E-state index in [1.165, 1.54) is 0 Å². The molecule has 0 bridgehead atoms. The summed E-state index contributed by atoms with van der Waals surface area (Å²) in [4.78, 5) is 52.9. The van der Waals surface area contributed by atoms with E-state index >= 15 is 0 Å². The molecule has 0 saturated carbocycles. The van der Waals surface area contributed by atoms with Gasteiger partial charge in [0.2, 0.25) is 11.8 Å². The maximum atomic E-state index is 13.4. The van der Waals surface area contributed by atoms with Crippen LogP contribution in [0.2, 0.25) is 0 Å². The number of hydrogen-bond acceptors (Lipinski definition) is 10. The number of nitrogens with one attached hydrogen (secondary N) is 2. The monoisotopic (exact) mass is 775 g/mol. The molecule has 0 radical (unpaired) electrons. The number of carbonyl (C=O) groups is 3. The van der Waals surface area contributed by atoms with Gasteiger partial charge >= 0.3 is 7.82 Å². The Labute approximate surface area is 320 Å². The van der Waals surface area contributed by atoms with Crippen LogP contribution in [-0.4, -0.2) is 121 Å². The summed E-state index contributed by atoms with van der Waals surface area (Å²) in [6, 6.07) is 0.262. The van der Waals surface area contributed by atoms with E-state index in [0.717, 1.165) is 70.9 Å². The summed E-state index contributed by atoms with van der Waals surface area (Å²) in [6.45, 7) is 15.0. The summed E-state index contributed by atoms with van der Waals surface area (Å²) in [5.41, 5.74) is 0. The van der Waals surface area contributed by atoms with Gasteiger partial charge in [0.1, 0.15) is 5.78 Å². The lowest BCUT2D eigenvalue weighted by Gasteiger charge is -2.26. The Morgan fingerprint density at radius 2 is 1.13 bits per heavy atom. The third-order valence-electron chi connectivity index (χ3n) is 9.83. The lowest BCUT2D eigenvalue weighted by Crippen LogP contribution is -2.38. The van der Waals surface area contributed by atoms with Gasteiger partial charge in [0, 0.05) is 58.0 Å². The molecule has 2 aliphatic heterocycles. The largest absolute Gasteiger partial charge is 0.472 e. The van der Waals surface area contributed by atoms with Crippen LogP contribution in [-0.2, 0) is 37.5 Å². The van der Waals surface area contributed by atoms with Gasteiger partial charge in [-0.15, -0.1) is 0 Å². The number of phosphoric ester groups is 1. The molecule has 2 rings (SSSR count). The van der Waals surface area contributed by atoms with E-state index in [-0.39, 0.29) is 43.2 Å². The maximum Gasteiger partial charge on any atom is 0.472 e. The molecule has 2 saturated heterocycles. The van der Waals surface area contributed by atoms with Gasteiger partial charge in [0.15, 0.2) is 0 Å². The zero-order chi connectivity index (χ0) is 39.2. The molecule has 14 heteroatoms. The fraction of sp³-hybridized carbons (Fsp3) is 0.923. The van der Waals surface area contributed by atoms with Gasteiger partial charge in [0.25, 0.3) is 0 Å². The van der Waals surface area contributed by atoms with Gasteiger partial charge in [0.05, 0.1) is 43.6 Å². The smallest absolute Gasteiger partial charge is 0.383 e. The highest BCUT2D eigenvalue weighted by Gasteiger charge is 2.41. The van der Waals surface area contributed by atoms with Gasteiger partial charge in [-0.05, 0) is 78.3 Å². The van der Waals surface area contributed by atoms with Crippen molar-refractivity contribution in [1.29, 1.82) is 0 Å². The summed E-state index contributed by atoms with van der Waals surface area (Å²) in [5, 5.41) is 6.79. The van der Waals surface area contributed by atoms with Crippen molar-refractivity contribution in [2.75, 3.05) is 46.5 Å². The zero-order valence-electron chi connectivity index (χ0n) is 34.2. The van der Waals surface area contributed by atoms with E-state index in [9.17, 15) is 23.8 Å². The molecule has 0 aromatic heterocycles. The molecule has 0 aliphatic carbocycles. The Morgan fingerprint density at radius 1 is 0.679 bits per heavy atom. The van der Waals surface area contributed by atoms with Gasteiger partial charge in [-0.3, -0.25) is 23.4 Å². The quantitative estimate of drug-likeness (QED) is 0.0568. The molecule has 1 unspecified atom stereocenters. The summed E-state index contributed by atoms with van der Waals surface area (Å²) in [7, 11) is -2.92. The van der Waals surface area contributed by atoms with Gasteiger partial charge < -0.3 is 34.8 Å². The highest BCUT2D eigenvalue weighted by atomic mass is 31.2. The molecule has 2 heterocycles. The summed E-state index contributed by atoms with van der Waals surface area (Å²) < 4.78 is 35.7. The van der Waals surface area contributed by atoms with E-state index < -0.39 is 20.0 Å². The van der Waals surface area contributed by atoms with Crippen LogP contribution in [0, 0.1) is 0 Å². The fourth-order valence-corrected chi connectivity index (χ4v) is 8.12. The number of carbonyl (C=O) groups excluding carboxylic acids is 3. The van der Waals surface area contributed by atoms with E-state index in [2.05, 4.69) is 38.3 Å². The van der Waals surface area contributed by atoms with Crippen molar-refractivity contribution in [3.63, 3.8) is 0 Å². The molecule has 0 aromatic rings. The number of methoxy groups -OCH3 is 1. The van der Waals surface area contributed by atoms with Crippen molar-refractivity contribution < 1.29 is 42.4 Å². The van der Waals surface area contributed by atoms with Crippen LogP contribution in [0.25, 0.3) is 0 Å². The number of ether oxygens (including phenoxy) is 2. The lowest BCUT2D eigenvalue weighted by molar-refractivity contribution is -0.133. The third kappa shape index (κ3) is 20.9. The minimum Gasteiger partial charge on any atom is -0.383 e. The van der Waals surface area contributed by atoms with E-state index in [1.54, 1.807) is 16.9 Å². The van der Waals surface area contributed by atoms with Crippen LogP contribution < -0.4 is 10.6 Å². The Balaban J connectivity index is 1.78. The third-order valence-corrected chi connectivity index (χ3v) is 10.9. The van der Waals surface area contributed by atoms with Crippen molar-refractivity contribution in [1.82, 2.24) is 20.4 Å². The molecule has 5 atom stereocenters. The zero-order valence-corrected chi connectivity index (χ0v) is 35.0. The molecule has 310 valence electrons. The average Bonchev–Trinajstić information content (AvgIpc) is 3.67. The van der Waals surface area contributed by atoms with Crippen molar-refractivity contribution in [3.8, 4) is 0 Å². The highest BCUT2D eigenvalue weighted by molar-refractivity contribution is 7.47. The first-order chi connectivity index (χ1) is 25.2. The van der Waals surface area contributed by atoms with E-state index in [1.807, 2.05) is 13.8 Å². The van der Waals surface area contributed by atoms with Crippen LogP contribution >= 0.6 is 7.82 Å². The fourth-order valence-electron chi connectivity index (χ4n) is 7.17. The number of Topliss-reactive ketones (excluding diaryl/α,β-unsaturated/α-hetero) is 1. The van der Waals surface area contributed by atoms with Crippen LogP contribution in [0.1, 0.15) is 144 Å². The second-order valence-corrected chi connectivity index (χ2v) is 17.3. The van der Waals surface area contributed by atoms with Crippen LogP contribution in [0.5, 0.6) is 0 Å². The predicted molar refractivity (Wildman–Crippen MR) is 209 cm³/mol. The molecule has 0 aromatic carbocycles. The van der Waals surface area contributed by atoms with E-state index in [0.29, 0.717) is 76.0 Å². The Kier molecular flexibility index (Phi) is 23.8. The first-order valence-corrected chi connectivity index (χ1v) is 22.1. The number of unbranched alkanes of at least 4 members (excludes halogenated alkanes) is 7. The molecule has 0 spiro atoms. The normalized spacial score (nSPS) is 21.7. The summed E-state index contributed by atoms with van der Waals surface area (Å²) in [5.74, 6) is 0.280. The summed E-state index contributed by atoms with van der Waals surface area (Å²) in [6.07, 6.45) is 11.1. The van der Waals surface area contributed by atoms with Crippen LogP contribution in [0.4, 0.5) is 0 Å². The van der Waals surface area contributed by atoms with Gasteiger partial charge in [-0.25, -0.2) is 4.57 Å². The number of phosphoric acid groups is 1. The number of hydrogen-bond donors (Lipinski definition) is 3. The topological polar surface area (TPSA) is 156 Å². The Morgan fingerprint density at radius 3 is 1.62 bits per heavy atom. The van der Waals surface area contributed by atoms with Gasteiger partial charge in [-0.1, -0.05) is 53.4 Å².